The van der Waals surface area contributed by atoms with Gasteiger partial charge < -0.3 is 9.64 Å². The van der Waals surface area contributed by atoms with E-state index in [1.165, 1.54) is 6.07 Å². The van der Waals surface area contributed by atoms with Crippen molar-refractivity contribution in [3.05, 3.63) is 35.6 Å². The summed E-state index contributed by atoms with van der Waals surface area (Å²) in [5.74, 6) is 0.0952. The average Bonchev–Trinajstić information content (AvgIpc) is 2.61. The minimum atomic E-state index is -0.141. The number of hydrogen-bond donors (Lipinski definition) is 0. The van der Waals surface area contributed by atoms with Gasteiger partial charge in [-0.25, -0.2) is 4.39 Å². The number of amides is 1. The summed E-state index contributed by atoms with van der Waals surface area (Å²) < 4.78 is 19.6. The highest BCUT2D eigenvalue weighted by molar-refractivity contribution is 5.78. The molecule has 6 heteroatoms. The lowest BCUT2D eigenvalue weighted by Gasteiger charge is -2.63. The lowest BCUT2D eigenvalue weighted by molar-refractivity contribution is -0.177. The summed E-state index contributed by atoms with van der Waals surface area (Å²) in [6.07, 6.45) is 0. The third-order valence-electron chi connectivity index (χ3n) is 5.95. The Bertz CT molecular complexity index is 675. The molecule has 1 unspecified atom stereocenters. The van der Waals surface area contributed by atoms with Crippen LogP contribution in [0.3, 0.4) is 0 Å². The van der Waals surface area contributed by atoms with E-state index >= 15 is 0 Å². The molecule has 3 fully saturated rings. The van der Waals surface area contributed by atoms with Crippen LogP contribution in [-0.2, 0) is 16.1 Å². The van der Waals surface area contributed by atoms with Gasteiger partial charge >= 0.3 is 0 Å². The molecule has 142 valence electrons. The number of rotatable bonds is 3. The van der Waals surface area contributed by atoms with Gasteiger partial charge in [0.05, 0.1) is 24.8 Å². The first-order chi connectivity index (χ1) is 12.5. The second kappa shape index (κ2) is 6.91. The molecule has 3 aliphatic heterocycles. The molecule has 0 N–H and O–H groups in total. The summed E-state index contributed by atoms with van der Waals surface area (Å²) in [5, 5.41) is 0. The third-order valence-corrected chi connectivity index (χ3v) is 5.95. The van der Waals surface area contributed by atoms with Crippen LogP contribution in [0.4, 0.5) is 4.39 Å². The van der Waals surface area contributed by atoms with Crippen molar-refractivity contribution in [3.63, 3.8) is 0 Å². The Hall–Kier alpha value is -1.50. The Balaban J connectivity index is 1.48. The first-order valence-electron chi connectivity index (χ1n) is 9.57. The number of benzene rings is 1. The van der Waals surface area contributed by atoms with Crippen LogP contribution in [0.1, 0.15) is 19.4 Å². The van der Waals surface area contributed by atoms with Crippen molar-refractivity contribution in [2.24, 2.45) is 5.92 Å². The zero-order valence-electron chi connectivity index (χ0n) is 15.7. The molecule has 1 atom stereocenters. The second-order valence-electron chi connectivity index (χ2n) is 8.26. The molecule has 4 rings (SSSR count). The van der Waals surface area contributed by atoms with E-state index in [4.69, 9.17) is 4.74 Å². The molecule has 1 aromatic rings. The SMILES string of the molecule is CC(C)C(=O)N1CC2COCCN2C2(CN(Cc3ccccc3F)C2)C1. The number of piperazine rings is 1. The number of carbonyl (C=O) groups excluding carboxylic acids is 1. The molecule has 26 heavy (non-hydrogen) atoms. The highest BCUT2D eigenvalue weighted by Crippen LogP contribution is 2.37. The molecule has 0 aromatic heterocycles. The van der Waals surface area contributed by atoms with Crippen LogP contribution in [0.5, 0.6) is 0 Å². The molecule has 3 saturated heterocycles. The van der Waals surface area contributed by atoms with Gasteiger partial charge in [-0.15, -0.1) is 0 Å². The number of ether oxygens (including phenoxy) is 1. The fourth-order valence-electron chi connectivity index (χ4n) is 4.78. The van der Waals surface area contributed by atoms with E-state index in [1.807, 2.05) is 30.9 Å². The number of hydrogen-bond acceptors (Lipinski definition) is 4. The Labute approximate surface area is 154 Å². The monoisotopic (exact) mass is 361 g/mol. The van der Waals surface area contributed by atoms with Crippen molar-refractivity contribution >= 4 is 5.91 Å². The van der Waals surface area contributed by atoms with Crippen molar-refractivity contribution < 1.29 is 13.9 Å². The molecule has 0 saturated carbocycles. The molecule has 3 heterocycles. The van der Waals surface area contributed by atoms with E-state index in [2.05, 4.69) is 9.80 Å². The fraction of sp³-hybridized carbons (Fsp3) is 0.650. The quantitative estimate of drug-likeness (QED) is 0.819. The zero-order chi connectivity index (χ0) is 18.3. The van der Waals surface area contributed by atoms with Crippen LogP contribution in [0, 0.1) is 11.7 Å². The maximum atomic E-state index is 14.0. The number of halogens is 1. The first-order valence-corrected chi connectivity index (χ1v) is 9.57. The molecule has 1 spiro atoms. The Morgan fingerprint density at radius 2 is 2.08 bits per heavy atom. The molecule has 1 amide bonds. The zero-order valence-corrected chi connectivity index (χ0v) is 15.7. The van der Waals surface area contributed by atoms with E-state index in [-0.39, 0.29) is 29.2 Å². The highest BCUT2D eigenvalue weighted by Gasteiger charge is 2.54. The van der Waals surface area contributed by atoms with Gasteiger partial charge in [-0.3, -0.25) is 14.6 Å². The minimum absolute atomic E-state index is 0.0114. The average molecular weight is 361 g/mol. The lowest BCUT2D eigenvalue weighted by Crippen LogP contribution is -2.80. The van der Waals surface area contributed by atoms with Crippen molar-refractivity contribution in [2.45, 2.75) is 32.0 Å². The van der Waals surface area contributed by atoms with Crippen LogP contribution in [0.15, 0.2) is 24.3 Å². The predicted octanol–water partition coefficient (Wildman–Crippen LogP) is 1.58. The van der Waals surface area contributed by atoms with E-state index in [0.29, 0.717) is 13.2 Å². The standard InChI is InChI=1S/C20H28FN3O2/c1-15(2)19(25)23-10-17-11-26-8-7-24(17)20(14-23)12-22(13-20)9-16-5-3-4-6-18(16)21/h3-6,15,17H,7-14H2,1-2H3. The summed E-state index contributed by atoms with van der Waals surface area (Å²) in [7, 11) is 0. The van der Waals surface area contributed by atoms with Gasteiger partial charge in [0.15, 0.2) is 0 Å². The number of morpholine rings is 1. The lowest BCUT2D eigenvalue weighted by atomic mass is 9.82. The molecule has 0 bridgehead atoms. The molecule has 5 nitrogen and oxygen atoms in total. The van der Waals surface area contributed by atoms with Crippen LogP contribution >= 0.6 is 0 Å². The largest absolute Gasteiger partial charge is 0.378 e. The van der Waals surface area contributed by atoms with E-state index in [9.17, 15) is 9.18 Å². The summed E-state index contributed by atoms with van der Waals surface area (Å²) in [6.45, 7) is 10.2. The van der Waals surface area contributed by atoms with Crippen molar-refractivity contribution in [2.75, 3.05) is 45.9 Å². The minimum Gasteiger partial charge on any atom is -0.378 e. The van der Waals surface area contributed by atoms with Crippen molar-refractivity contribution in [3.8, 4) is 0 Å². The maximum absolute atomic E-state index is 14.0. The maximum Gasteiger partial charge on any atom is 0.225 e. The molecule has 0 aliphatic carbocycles. The number of fused-ring (bicyclic) bond motifs is 2. The van der Waals surface area contributed by atoms with E-state index < -0.39 is 0 Å². The topological polar surface area (TPSA) is 36.0 Å². The summed E-state index contributed by atoms with van der Waals surface area (Å²) in [5.41, 5.74) is 0.731. The molecule has 0 radical (unpaired) electrons. The van der Waals surface area contributed by atoms with Gasteiger partial charge in [0.2, 0.25) is 5.91 Å². The highest BCUT2D eigenvalue weighted by atomic mass is 19.1. The van der Waals surface area contributed by atoms with E-state index in [0.717, 1.165) is 44.9 Å². The van der Waals surface area contributed by atoms with Crippen LogP contribution in [0.2, 0.25) is 0 Å². The van der Waals surface area contributed by atoms with Gasteiger partial charge in [0.25, 0.3) is 0 Å². The van der Waals surface area contributed by atoms with Crippen molar-refractivity contribution in [1.82, 2.24) is 14.7 Å². The van der Waals surface area contributed by atoms with Crippen LogP contribution in [0.25, 0.3) is 0 Å². The molecular weight excluding hydrogens is 333 g/mol. The normalized spacial score (nSPS) is 26.0. The van der Waals surface area contributed by atoms with Crippen LogP contribution < -0.4 is 0 Å². The van der Waals surface area contributed by atoms with Gasteiger partial charge in [0.1, 0.15) is 5.82 Å². The Kier molecular flexibility index (Phi) is 4.75. The van der Waals surface area contributed by atoms with Crippen LogP contribution in [-0.4, -0.2) is 78.1 Å². The molecule has 3 aliphatic rings. The number of nitrogens with zero attached hydrogens (tertiary/aromatic N) is 3. The van der Waals surface area contributed by atoms with Gasteiger partial charge in [0, 0.05) is 50.7 Å². The number of likely N-dealkylation sites (tertiary alicyclic amines) is 1. The summed E-state index contributed by atoms with van der Waals surface area (Å²) in [4.78, 5) is 19.5. The first kappa shape index (κ1) is 17.9. The number of carbonyl (C=O) groups is 1. The van der Waals surface area contributed by atoms with Crippen molar-refractivity contribution in [1.29, 1.82) is 0 Å². The Morgan fingerprint density at radius 3 is 2.81 bits per heavy atom. The fourth-order valence-corrected chi connectivity index (χ4v) is 4.78. The van der Waals surface area contributed by atoms with E-state index in [1.54, 1.807) is 6.07 Å². The third kappa shape index (κ3) is 3.15. The van der Waals surface area contributed by atoms with Gasteiger partial charge in [-0.05, 0) is 6.07 Å². The predicted molar refractivity (Wildman–Crippen MR) is 97.1 cm³/mol. The van der Waals surface area contributed by atoms with Gasteiger partial charge in [-0.1, -0.05) is 32.0 Å². The smallest absolute Gasteiger partial charge is 0.225 e. The molecular formula is C20H28FN3O2. The van der Waals surface area contributed by atoms with Gasteiger partial charge in [-0.2, -0.15) is 0 Å². The second-order valence-corrected chi connectivity index (χ2v) is 8.26. The summed E-state index contributed by atoms with van der Waals surface area (Å²) >= 11 is 0. The summed E-state index contributed by atoms with van der Waals surface area (Å²) in [6, 6.07) is 7.26. The molecule has 1 aromatic carbocycles. The Morgan fingerprint density at radius 1 is 1.31 bits per heavy atom.